The molecule has 4 unspecified atom stereocenters. The topological polar surface area (TPSA) is 115 Å². The fourth-order valence-electron chi connectivity index (χ4n) is 8.91. The Morgan fingerprint density at radius 3 is 1.43 bits per heavy atom. The number of imide groups is 4. The number of rotatable bonds is 9. The summed E-state index contributed by atoms with van der Waals surface area (Å²) in [7, 11) is 0. The van der Waals surface area contributed by atoms with Gasteiger partial charge in [-0.1, -0.05) is 118 Å². The molecule has 1 saturated carbocycles. The Hall–Kier alpha value is -5.90. The molecule has 4 aromatic carbocycles. The molecular formula is C44H44N4O6. The molecule has 54 heavy (non-hydrogen) atoms. The summed E-state index contributed by atoms with van der Waals surface area (Å²) in [5.41, 5.74) is 1.13. The molecule has 0 aromatic heterocycles. The smallest absolute Gasteiger partial charge is 0.273 e. The quantitative estimate of drug-likeness (QED) is 0.168. The maximum atomic E-state index is 14.5. The standard InChI is InChI=1S/C44H44N4O6/c1-43(2)26-34(48-40(52)36(25-31-18-10-5-11-19-31)39(51)47(42(48)54)33-22-14-7-15-23-33)27-44(3,28-43)29-45-37(49)35(24-30-16-8-4-9-17-30)38(50)46(41(45)53)32-20-12-6-13-21-32/h4-23,34-36H,24-29H2,1-3H3. The van der Waals surface area contributed by atoms with Gasteiger partial charge in [-0.15, -0.1) is 0 Å². The highest BCUT2D eigenvalue weighted by atomic mass is 16.2. The van der Waals surface area contributed by atoms with E-state index in [9.17, 15) is 28.8 Å². The van der Waals surface area contributed by atoms with E-state index in [1.807, 2.05) is 67.6 Å². The Balaban J connectivity index is 1.23. The van der Waals surface area contributed by atoms with Crippen LogP contribution in [0.2, 0.25) is 0 Å². The highest BCUT2D eigenvalue weighted by Crippen LogP contribution is 2.49. The Morgan fingerprint density at radius 2 is 0.944 bits per heavy atom. The molecule has 0 radical (unpaired) electrons. The van der Waals surface area contributed by atoms with Crippen molar-refractivity contribution < 1.29 is 28.8 Å². The number of carbonyl (C=O) groups excluding carboxylic acids is 6. The number of benzene rings is 4. The summed E-state index contributed by atoms with van der Waals surface area (Å²) >= 11 is 0. The van der Waals surface area contributed by atoms with Crippen molar-refractivity contribution in [1.29, 1.82) is 0 Å². The zero-order valence-electron chi connectivity index (χ0n) is 30.8. The molecule has 2 saturated heterocycles. The molecule has 2 heterocycles. The SMILES string of the molecule is CC1(C)CC(N2C(=O)C(Cc3ccccc3)C(=O)N(c3ccccc3)C2=O)CC(C)(CN2C(=O)C(Cc3ccccc3)C(=O)N(c3ccccc3)C2=O)C1. The predicted molar refractivity (Wildman–Crippen MR) is 204 cm³/mol. The number of hydrogen-bond acceptors (Lipinski definition) is 6. The first-order valence-corrected chi connectivity index (χ1v) is 18.4. The molecule has 1 aliphatic carbocycles. The minimum atomic E-state index is -1.13. The van der Waals surface area contributed by atoms with Crippen LogP contribution in [0.4, 0.5) is 21.0 Å². The lowest BCUT2D eigenvalue weighted by atomic mass is 9.62. The molecule has 3 aliphatic rings. The Morgan fingerprint density at radius 1 is 0.519 bits per heavy atom. The zero-order chi connectivity index (χ0) is 38.2. The largest absolute Gasteiger partial charge is 0.338 e. The third kappa shape index (κ3) is 7.08. The molecule has 4 aromatic rings. The second-order valence-electron chi connectivity index (χ2n) is 15.9. The van der Waals surface area contributed by atoms with E-state index in [4.69, 9.17) is 0 Å². The van der Waals surface area contributed by atoms with Gasteiger partial charge in [-0.25, -0.2) is 19.4 Å². The van der Waals surface area contributed by atoms with Crippen molar-refractivity contribution in [1.82, 2.24) is 9.80 Å². The molecule has 10 heteroatoms. The molecule has 8 amide bonds. The Bertz CT molecular complexity index is 2070. The van der Waals surface area contributed by atoms with Crippen LogP contribution in [0, 0.1) is 22.7 Å². The van der Waals surface area contributed by atoms with Gasteiger partial charge in [0.15, 0.2) is 0 Å². The van der Waals surface area contributed by atoms with E-state index < -0.39 is 64.4 Å². The van der Waals surface area contributed by atoms with Crippen LogP contribution < -0.4 is 9.80 Å². The van der Waals surface area contributed by atoms with E-state index in [0.29, 0.717) is 24.2 Å². The van der Waals surface area contributed by atoms with E-state index in [1.165, 1.54) is 9.80 Å². The van der Waals surface area contributed by atoms with Gasteiger partial charge in [0.1, 0.15) is 11.8 Å². The first-order chi connectivity index (χ1) is 25.9. The van der Waals surface area contributed by atoms with Crippen LogP contribution in [-0.2, 0) is 32.0 Å². The van der Waals surface area contributed by atoms with Crippen molar-refractivity contribution in [2.45, 2.75) is 58.9 Å². The second-order valence-corrected chi connectivity index (χ2v) is 15.9. The molecule has 0 spiro atoms. The van der Waals surface area contributed by atoms with Gasteiger partial charge < -0.3 is 0 Å². The van der Waals surface area contributed by atoms with Crippen molar-refractivity contribution in [2.75, 3.05) is 16.3 Å². The number of carbonyl (C=O) groups is 6. The number of urea groups is 2. The van der Waals surface area contributed by atoms with Crippen molar-refractivity contribution in [3.8, 4) is 0 Å². The van der Waals surface area contributed by atoms with Crippen LogP contribution in [0.5, 0.6) is 0 Å². The number of barbiturate groups is 2. The first kappa shape index (κ1) is 36.5. The summed E-state index contributed by atoms with van der Waals surface area (Å²) in [5.74, 6) is -4.54. The molecule has 10 nitrogen and oxygen atoms in total. The van der Waals surface area contributed by atoms with Crippen LogP contribution in [0.1, 0.15) is 51.2 Å². The molecule has 276 valence electrons. The minimum absolute atomic E-state index is 0.0303. The molecule has 7 rings (SSSR count). The van der Waals surface area contributed by atoms with Gasteiger partial charge in [0.25, 0.3) is 0 Å². The molecular weight excluding hydrogens is 681 g/mol. The normalized spacial score (nSPS) is 24.7. The van der Waals surface area contributed by atoms with E-state index >= 15 is 0 Å². The lowest BCUT2D eigenvalue weighted by Gasteiger charge is -2.52. The third-order valence-corrected chi connectivity index (χ3v) is 10.9. The average molecular weight is 725 g/mol. The van der Waals surface area contributed by atoms with E-state index in [2.05, 4.69) is 13.8 Å². The van der Waals surface area contributed by atoms with Crippen LogP contribution in [0.3, 0.4) is 0 Å². The van der Waals surface area contributed by atoms with Gasteiger partial charge in [-0.3, -0.25) is 29.0 Å². The van der Waals surface area contributed by atoms with E-state index in [1.54, 1.807) is 60.7 Å². The van der Waals surface area contributed by atoms with Gasteiger partial charge in [0, 0.05) is 12.6 Å². The van der Waals surface area contributed by atoms with Crippen molar-refractivity contribution in [3.05, 3.63) is 132 Å². The van der Waals surface area contributed by atoms with Crippen molar-refractivity contribution in [3.63, 3.8) is 0 Å². The summed E-state index contributed by atoms with van der Waals surface area (Å²) < 4.78 is 0. The van der Waals surface area contributed by atoms with Gasteiger partial charge in [0.2, 0.25) is 23.6 Å². The summed E-state index contributed by atoms with van der Waals surface area (Å²) in [5, 5.41) is 0. The van der Waals surface area contributed by atoms with Crippen LogP contribution in [0.25, 0.3) is 0 Å². The molecule has 3 fully saturated rings. The average Bonchev–Trinajstić information content (AvgIpc) is 3.15. The Kier molecular flexibility index (Phi) is 9.79. The maximum Gasteiger partial charge on any atom is 0.338 e. The highest BCUT2D eigenvalue weighted by Gasteiger charge is 2.55. The molecule has 0 bridgehead atoms. The predicted octanol–water partition coefficient (Wildman–Crippen LogP) is 7.28. The monoisotopic (exact) mass is 724 g/mol. The first-order valence-electron chi connectivity index (χ1n) is 18.4. The fraction of sp³-hybridized carbons (Fsp3) is 0.318. The number of hydrogen-bond donors (Lipinski definition) is 0. The summed E-state index contributed by atoms with van der Waals surface area (Å²) in [4.78, 5) is 90.3. The number of amides is 8. The minimum Gasteiger partial charge on any atom is -0.273 e. The van der Waals surface area contributed by atoms with Crippen LogP contribution in [0.15, 0.2) is 121 Å². The number of anilines is 2. The zero-order valence-corrected chi connectivity index (χ0v) is 30.8. The molecule has 4 atom stereocenters. The Labute approximate surface area is 315 Å². The molecule has 0 N–H and O–H groups in total. The number of nitrogens with zero attached hydrogens (tertiary/aromatic N) is 4. The highest BCUT2D eigenvalue weighted by molar-refractivity contribution is 6.28. The number of para-hydroxylation sites is 2. The summed E-state index contributed by atoms with van der Waals surface area (Å²) in [6.45, 7) is 6.04. The lowest BCUT2D eigenvalue weighted by Crippen LogP contribution is -2.66. The summed E-state index contributed by atoms with van der Waals surface area (Å²) in [6.07, 6.45) is 1.56. The van der Waals surface area contributed by atoms with Crippen LogP contribution >= 0.6 is 0 Å². The van der Waals surface area contributed by atoms with Crippen molar-refractivity contribution in [2.24, 2.45) is 22.7 Å². The van der Waals surface area contributed by atoms with Crippen LogP contribution in [-0.4, -0.2) is 58.1 Å². The molecule has 2 aliphatic heterocycles. The van der Waals surface area contributed by atoms with Gasteiger partial charge in [0.05, 0.1) is 11.4 Å². The summed E-state index contributed by atoms with van der Waals surface area (Å²) in [6, 6.07) is 33.7. The van der Waals surface area contributed by atoms with E-state index in [0.717, 1.165) is 20.9 Å². The lowest BCUT2D eigenvalue weighted by molar-refractivity contribution is -0.147. The maximum absolute atomic E-state index is 14.5. The van der Waals surface area contributed by atoms with Gasteiger partial charge in [-0.2, -0.15) is 0 Å². The third-order valence-electron chi connectivity index (χ3n) is 10.9. The second kappa shape index (κ2) is 14.5. The van der Waals surface area contributed by atoms with E-state index in [-0.39, 0.29) is 25.8 Å². The van der Waals surface area contributed by atoms with Crippen molar-refractivity contribution >= 4 is 47.1 Å². The fourth-order valence-corrected chi connectivity index (χ4v) is 8.91. The van der Waals surface area contributed by atoms with Gasteiger partial charge in [-0.05, 0) is 78.3 Å². The van der Waals surface area contributed by atoms with Gasteiger partial charge >= 0.3 is 12.1 Å².